The van der Waals surface area contributed by atoms with Gasteiger partial charge < -0.3 is 15.9 Å². The predicted octanol–water partition coefficient (Wildman–Crippen LogP) is 4.57. The van der Waals surface area contributed by atoms with Gasteiger partial charge in [0.2, 0.25) is 0 Å². The molecule has 0 radical (unpaired) electrons. The Morgan fingerprint density at radius 2 is 1.71 bits per heavy atom. The van der Waals surface area contributed by atoms with Crippen LogP contribution in [0.15, 0.2) is 47.8 Å². The number of anilines is 1. The molecule has 24 heavy (non-hydrogen) atoms. The molecule has 3 nitrogen and oxygen atoms in total. The largest absolute Gasteiger partial charge is 0.508 e. The van der Waals surface area contributed by atoms with E-state index >= 15 is 0 Å². The molecule has 4 N–H and O–H groups in total. The van der Waals surface area contributed by atoms with Gasteiger partial charge in [-0.2, -0.15) is 0 Å². The van der Waals surface area contributed by atoms with E-state index in [1.807, 2.05) is 36.6 Å². The molecule has 1 aromatic heterocycles. The highest BCUT2D eigenvalue weighted by molar-refractivity contribution is 7.14. The number of phenolic OH excluding ortho intramolecular Hbond substituents is 2. The van der Waals surface area contributed by atoms with Gasteiger partial charge in [-0.05, 0) is 82.5 Å². The lowest BCUT2D eigenvalue weighted by molar-refractivity contribution is 0.474. The number of benzene rings is 2. The normalized spacial score (nSPS) is 13.4. The second-order valence-electron chi connectivity index (χ2n) is 6.06. The monoisotopic (exact) mass is 335 g/mol. The molecule has 1 aliphatic rings. The molecule has 3 aromatic rings. The van der Waals surface area contributed by atoms with Crippen molar-refractivity contribution in [3.63, 3.8) is 0 Å². The van der Waals surface area contributed by atoms with E-state index in [0.717, 1.165) is 39.2 Å². The number of nitrogens with two attached hydrogens (primary N) is 1. The summed E-state index contributed by atoms with van der Waals surface area (Å²) >= 11 is 1.52. The number of rotatable bonds is 2. The van der Waals surface area contributed by atoms with Gasteiger partial charge in [0.25, 0.3) is 0 Å². The Hall–Kier alpha value is -2.72. The average molecular weight is 335 g/mol. The fourth-order valence-electron chi connectivity index (χ4n) is 3.43. The molecule has 0 spiro atoms. The summed E-state index contributed by atoms with van der Waals surface area (Å²) in [4.78, 5) is 0. The van der Waals surface area contributed by atoms with E-state index in [4.69, 9.17) is 5.73 Å². The molecule has 0 saturated heterocycles. The van der Waals surface area contributed by atoms with E-state index in [1.54, 1.807) is 18.2 Å². The first kappa shape index (κ1) is 14.8. The van der Waals surface area contributed by atoms with Crippen LogP contribution in [0.25, 0.3) is 11.1 Å². The zero-order valence-electron chi connectivity index (χ0n) is 13.2. The van der Waals surface area contributed by atoms with Crippen LogP contribution in [0, 0.1) is 6.92 Å². The Labute approximate surface area is 144 Å². The molecule has 0 aliphatic heterocycles. The van der Waals surface area contributed by atoms with Crippen molar-refractivity contribution in [2.45, 2.75) is 13.3 Å². The van der Waals surface area contributed by atoms with E-state index in [-0.39, 0.29) is 11.5 Å². The van der Waals surface area contributed by atoms with Gasteiger partial charge >= 0.3 is 0 Å². The molecule has 120 valence electrons. The van der Waals surface area contributed by atoms with Gasteiger partial charge in [0.1, 0.15) is 11.5 Å². The summed E-state index contributed by atoms with van der Waals surface area (Å²) in [6, 6.07) is 12.9. The highest BCUT2D eigenvalue weighted by Crippen LogP contribution is 2.47. The molecule has 0 unspecified atom stereocenters. The molecule has 1 aliphatic carbocycles. The van der Waals surface area contributed by atoms with Crippen LogP contribution >= 0.6 is 11.3 Å². The first-order chi connectivity index (χ1) is 11.5. The van der Waals surface area contributed by atoms with E-state index in [0.29, 0.717) is 0 Å². The van der Waals surface area contributed by atoms with Gasteiger partial charge in [-0.15, -0.1) is 11.3 Å². The lowest BCUT2D eigenvalue weighted by atomic mass is 9.95. The zero-order chi connectivity index (χ0) is 16.8. The Morgan fingerprint density at radius 3 is 2.38 bits per heavy atom. The third-order valence-corrected chi connectivity index (χ3v) is 5.31. The smallest absolute Gasteiger partial charge is 0.116 e. The average Bonchev–Trinajstić information content (AvgIpc) is 3.11. The van der Waals surface area contributed by atoms with Crippen LogP contribution in [0.5, 0.6) is 11.5 Å². The van der Waals surface area contributed by atoms with Crippen molar-refractivity contribution in [3.05, 3.63) is 75.7 Å². The van der Waals surface area contributed by atoms with Crippen molar-refractivity contribution in [3.8, 4) is 11.5 Å². The molecule has 0 bridgehead atoms. The van der Waals surface area contributed by atoms with Gasteiger partial charge in [0, 0.05) is 5.56 Å². The minimum Gasteiger partial charge on any atom is -0.508 e. The molecule has 4 heteroatoms. The molecule has 0 atom stereocenters. The standard InChI is InChI=1S/C20H17NO2S/c1-11-8-14(23)9-18-16(11)10-17(12-2-4-13(22)5-3-12)19(18)15-6-7-24-20(15)21/h2-9,22-23H,10,21H2,1H3. The molecular formula is C20H17NO2S. The first-order valence-corrected chi connectivity index (χ1v) is 8.61. The predicted molar refractivity (Wildman–Crippen MR) is 99.3 cm³/mol. The Bertz CT molecular complexity index is 968. The summed E-state index contributed by atoms with van der Waals surface area (Å²) in [5.74, 6) is 0.518. The number of allylic oxidation sites excluding steroid dienone is 1. The van der Waals surface area contributed by atoms with Gasteiger partial charge in [0.05, 0.1) is 5.00 Å². The first-order valence-electron chi connectivity index (χ1n) is 7.73. The molecule has 0 amide bonds. The molecule has 1 heterocycles. The van der Waals surface area contributed by atoms with Crippen LogP contribution in [-0.4, -0.2) is 10.2 Å². The lowest BCUT2D eigenvalue weighted by Crippen LogP contribution is -1.92. The fourth-order valence-corrected chi connectivity index (χ4v) is 4.08. The minimum atomic E-state index is 0.250. The highest BCUT2D eigenvalue weighted by Gasteiger charge is 2.27. The second kappa shape index (κ2) is 5.42. The Morgan fingerprint density at radius 1 is 0.958 bits per heavy atom. The maximum absolute atomic E-state index is 10.1. The summed E-state index contributed by atoms with van der Waals surface area (Å²) in [6.07, 6.45) is 0.789. The number of nitrogen functional groups attached to an aromatic ring is 1. The van der Waals surface area contributed by atoms with Gasteiger partial charge in [0.15, 0.2) is 0 Å². The number of phenols is 2. The zero-order valence-corrected chi connectivity index (χ0v) is 14.0. The van der Waals surface area contributed by atoms with Crippen molar-refractivity contribution in [2.24, 2.45) is 0 Å². The summed E-state index contributed by atoms with van der Waals surface area (Å²) < 4.78 is 0. The minimum absolute atomic E-state index is 0.250. The van der Waals surface area contributed by atoms with Crippen molar-refractivity contribution in [1.29, 1.82) is 0 Å². The third kappa shape index (κ3) is 2.27. The molecule has 4 rings (SSSR count). The van der Waals surface area contributed by atoms with Crippen LogP contribution in [0.1, 0.15) is 27.8 Å². The van der Waals surface area contributed by atoms with Crippen LogP contribution < -0.4 is 5.73 Å². The van der Waals surface area contributed by atoms with Crippen LogP contribution in [0.3, 0.4) is 0 Å². The fraction of sp³-hybridized carbons (Fsp3) is 0.100. The summed E-state index contributed by atoms with van der Waals surface area (Å²) in [6.45, 7) is 2.02. The van der Waals surface area contributed by atoms with E-state index < -0.39 is 0 Å². The van der Waals surface area contributed by atoms with Crippen molar-refractivity contribution in [1.82, 2.24) is 0 Å². The highest BCUT2D eigenvalue weighted by atomic mass is 32.1. The quantitative estimate of drug-likeness (QED) is 0.643. The van der Waals surface area contributed by atoms with Crippen molar-refractivity contribution >= 4 is 27.5 Å². The molecule has 0 fully saturated rings. The Balaban J connectivity index is 2.00. The molecule has 2 aromatic carbocycles. The van der Waals surface area contributed by atoms with Gasteiger partial charge in [-0.1, -0.05) is 12.1 Å². The van der Waals surface area contributed by atoms with Crippen LogP contribution in [-0.2, 0) is 6.42 Å². The third-order valence-electron chi connectivity index (χ3n) is 4.56. The number of aromatic hydroxyl groups is 2. The molecule has 0 saturated carbocycles. The summed E-state index contributed by atoms with van der Waals surface area (Å²) in [7, 11) is 0. The summed E-state index contributed by atoms with van der Waals surface area (Å²) in [5, 5.41) is 22.4. The number of thiophene rings is 1. The maximum atomic E-state index is 10.1. The van der Waals surface area contributed by atoms with Crippen LogP contribution in [0.4, 0.5) is 5.00 Å². The topological polar surface area (TPSA) is 66.5 Å². The van der Waals surface area contributed by atoms with Gasteiger partial charge in [-0.3, -0.25) is 0 Å². The van der Waals surface area contributed by atoms with E-state index in [2.05, 4.69) is 0 Å². The van der Waals surface area contributed by atoms with Gasteiger partial charge in [-0.25, -0.2) is 0 Å². The number of fused-ring (bicyclic) bond motifs is 1. The molecular weight excluding hydrogens is 318 g/mol. The second-order valence-corrected chi connectivity index (χ2v) is 7.01. The van der Waals surface area contributed by atoms with E-state index in [1.165, 1.54) is 22.5 Å². The number of hydrogen-bond acceptors (Lipinski definition) is 4. The lowest BCUT2D eigenvalue weighted by Gasteiger charge is -2.10. The van der Waals surface area contributed by atoms with E-state index in [9.17, 15) is 10.2 Å². The number of hydrogen-bond donors (Lipinski definition) is 3. The van der Waals surface area contributed by atoms with Crippen molar-refractivity contribution < 1.29 is 10.2 Å². The van der Waals surface area contributed by atoms with Crippen LogP contribution in [0.2, 0.25) is 0 Å². The number of aryl methyl sites for hydroxylation is 1. The maximum Gasteiger partial charge on any atom is 0.116 e. The SMILES string of the molecule is Cc1cc(O)cc2c1CC(c1ccc(O)cc1)=C2c1ccsc1N. The summed E-state index contributed by atoms with van der Waals surface area (Å²) in [5.41, 5.74) is 13.8. The Kier molecular flexibility index (Phi) is 3.36. The van der Waals surface area contributed by atoms with Crippen molar-refractivity contribution in [2.75, 3.05) is 5.73 Å².